The highest BCUT2D eigenvalue weighted by Gasteiger charge is 2.22. The van der Waals surface area contributed by atoms with E-state index in [0.717, 1.165) is 5.56 Å². The monoisotopic (exact) mass is 449 g/mol. The highest BCUT2D eigenvalue weighted by atomic mass is 32.2. The van der Waals surface area contributed by atoms with Crippen LogP contribution >= 0.6 is 0 Å². The predicted octanol–water partition coefficient (Wildman–Crippen LogP) is 3.45. The lowest BCUT2D eigenvalue weighted by Crippen LogP contribution is -2.33. The molecule has 1 aliphatic heterocycles. The van der Waals surface area contributed by atoms with Crippen LogP contribution in [0.2, 0.25) is 0 Å². The molecule has 0 aromatic heterocycles. The maximum atomic E-state index is 13.2. The van der Waals surface area contributed by atoms with Gasteiger partial charge in [-0.25, -0.2) is 0 Å². The van der Waals surface area contributed by atoms with E-state index in [4.69, 9.17) is 18.4 Å². The molecule has 2 aromatic carbocycles. The largest absolute Gasteiger partial charge is 0.493 e. The van der Waals surface area contributed by atoms with Crippen molar-refractivity contribution in [3.05, 3.63) is 47.5 Å². The van der Waals surface area contributed by atoms with Gasteiger partial charge in [0.2, 0.25) is 6.79 Å². The molecule has 0 atom stereocenters. The van der Waals surface area contributed by atoms with E-state index >= 15 is 0 Å². The first-order valence-corrected chi connectivity index (χ1v) is 11.6. The Morgan fingerprint density at radius 2 is 1.84 bits per heavy atom. The minimum Gasteiger partial charge on any atom is -0.493 e. The molecule has 0 aliphatic carbocycles. The molecule has 0 unspecified atom stereocenters. The summed E-state index contributed by atoms with van der Waals surface area (Å²) in [6, 6.07) is 10.1. The normalized spacial score (nSPS) is 12.7. The Morgan fingerprint density at radius 1 is 1.10 bits per heavy atom. The van der Waals surface area contributed by atoms with Crippen LogP contribution in [0.4, 0.5) is 0 Å². The zero-order valence-electron chi connectivity index (χ0n) is 18.1. The van der Waals surface area contributed by atoms with E-state index in [-0.39, 0.29) is 36.7 Å². The molecule has 31 heavy (non-hydrogen) atoms. The predicted molar refractivity (Wildman–Crippen MR) is 115 cm³/mol. The first-order chi connectivity index (χ1) is 14.7. The molecule has 0 saturated heterocycles. The molecular weight excluding hydrogens is 422 g/mol. The van der Waals surface area contributed by atoms with Crippen molar-refractivity contribution in [2.75, 3.05) is 26.2 Å². The zero-order chi connectivity index (χ0) is 22.6. The third-order valence-corrected chi connectivity index (χ3v) is 5.80. The van der Waals surface area contributed by atoms with Gasteiger partial charge in [0.1, 0.15) is 0 Å². The van der Waals surface area contributed by atoms with E-state index in [1.807, 2.05) is 13.8 Å². The van der Waals surface area contributed by atoms with Crippen LogP contribution in [-0.2, 0) is 16.7 Å². The van der Waals surface area contributed by atoms with Crippen molar-refractivity contribution in [2.24, 2.45) is 5.92 Å². The highest BCUT2D eigenvalue weighted by molar-refractivity contribution is 7.87. The number of carbonyl (C=O) groups excluding carboxylic acids is 1. The van der Waals surface area contributed by atoms with Gasteiger partial charge in [-0.3, -0.25) is 4.79 Å². The van der Waals surface area contributed by atoms with Gasteiger partial charge in [0.05, 0.1) is 12.9 Å². The van der Waals surface area contributed by atoms with Crippen LogP contribution in [0.1, 0.15) is 36.7 Å². The van der Waals surface area contributed by atoms with Crippen molar-refractivity contribution in [1.29, 1.82) is 0 Å². The minimum atomic E-state index is -3.72. The topological polar surface area (TPSA) is 91.4 Å². The Labute approximate surface area is 182 Å². The molecule has 0 radical (unpaired) electrons. The average Bonchev–Trinajstić information content (AvgIpc) is 3.20. The van der Waals surface area contributed by atoms with Gasteiger partial charge >= 0.3 is 10.1 Å². The van der Waals surface area contributed by atoms with Crippen LogP contribution in [0, 0.1) is 5.92 Å². The Hall–Kier alpha value is -2.94. The standard InChI is InChI=1S/C22H27NO7S/c1-5-31(25,26)30-21-10-16(6-8-18(21)27-4)13-23(12-15(2)3)22(24)17-7-9-19-20(11-17)29-14-28-19/h6-11,15H,5,12-14H2,1-4H3. The van der Waals surface area contributed by atoms with E-state index in [1.165, 1.54) is 14.0 Å². The third kappa shape index (κ3) is 5.61. The molecule has 0 saturated carbocycles. The van der Waals surface area contributed by atoms with E-state index in [9.17, 15) is 13.2 Å². The van der Waals surface area contributed by atoms with Gasteiger partial charge in [-0.1, -0.05) is 19.9 Å². The summed E-state index contributed by atoms with van der Waals surface area (Å²) in [5.74, 6) is 1.46. The molecule has 0 bridgehead atoms. The number of benzene rings is 2. The molecule has 3 rings (SSSR count). The fourth-order valence-corrected chi connectivity index (χ4v) is 3.69. The van der Waals surface area contributed by atoms with Gasteiger partial charge in [0.15, 0.2) is 23.0 Å². The van der Waals surface area contributed by atoms with Crippen LogP contribution in [0.25, 0.3) is 0 Å². The summed E-state index contributed by atoms with van der Waals surface area (Å²) in [6.45, 7) is 6.48. The summed E-state index contributed by atoms with van der Waals surface area (Å²) in [4.78, 5) is 15.0. The SMILES string of the molecule is CCS(=O)(=O)Oc1cc(CN(CC(C)C)C(=O)c2ccc3c(c2)OCO3)ccc1OC. The number of nitrogens with zero attached hydrogens (tertiary/aromatic N) is 1. The van der Waals surface area contributed by atoms with E-state index in [1.54, 1.807) is 41.3 Å². The molecule has 1 aliphatic rings. The summed E-state index contributed by atoms with van der Waals surface area (Å²) < 4.78 is 45.0. The van der Waals surface area contributed by atoms with E-state index in [2.05, 4.69) is 0 Å². The zero-order valence-corrected chi connectivity index (χ0v) is 18.9. The van der Waals surface area contributed by atoms with Crippen LogP contribution in [-0.4, -0.2) is 45.4 Å². The quantitative estimate of drug-likeness (QED) is 0.542. The summed E-state index contributed by atoms with van der Waals surface area (Å²) in [5.41, 5.74) is 1.21. The minimum absolute atomic E-state index is 0.0990. The van der Waals surface area contributed by atoms with Gasteiger partial charge in [-0.15, -0.1) is 0 Å². The second-order valence-electron chi connectivity index (χ2n) is 7.56. The second kappa shape index (κ2) is 9.47. The van der Waals surface area contributed by atoms with Crippen LogP contribution < -0.4 is 18.4 Å². The lowest BCUT2D eigenvalue weighted by Gasteiger charge is -2.25. The van der Waals surface area contributed by atoms with Crippen molar-refractivity contribution in [3.8, 4) is 23.0 Å². The van der Waals surface area contributed by atoms with Gasteiger partial charge in [-0.05, 0) is 48.7 Å². The average molecular weight is 450 g/mol. The number of methoxy groups -OCH3 is 1. The molecule has 1 heterocycles. The summed E-state index contributed by atoms with van der Waals surface area (Å²) in [7, 11) is -2.28. The smallest absolute Gasteiger partial charge is 0.309 e. The van der Waals surface area contributed by atoms with Gasteiger partial charge < -0.3 is 23.3 Å². The van der Waals surface area contributed by atoms with Crippen molar-refractivity contribution in [1.82, 2.24) is 4.90 Å². The molecule has 1 amide bonds. The summed E-state index contributed by atoms with van der Waals surface area (Å²) in [6.07, 6.45) is 0. The number of ether oxygens (including phenoxy) is 3. The second-order valence-corrected chi connectivity index (χ2v) is 9.42. The van der Waals surface area contributed by atoms with Gasteiger partial charge in [0.25, 0.3) is 5.91 Å². The van der Waals surface area contributed by atoms with Crippen molar-refractivity contribution >= 4 is 16.0 Å². The van der Waals surface area contributed by atoms with Crippen molar-refractivity contribution in [3.63, 3.8) is 0 Å². The number of hydrogen-bond acceptors (Lipinski definition) is 7. The first kappa shape index (κ1) is 22.7. The fourth-order valence-electron chi connectivity index (χ4n) is 3.17. The Bertz CT molecular complexity index is 1050. The molecule has 8 nitrogen and oxygen atoms in total. The fraction of sp³-hybridized carbons (Fsp3) is 0.409. The highest BCUT2D eigenvalue weighted by Crippen LogP contribution is 2.33. The van der Waals surface area contributed by atoms with Gasteiger partial charge in [0, 0.05) is 18.7 Å². The maximum absolute atomic E-state index is 13.2. The number of carbonyl (C=O) groups is 1. The van der Waals surface area contributed by atoms with Crippen LogP contribution in [0.3, 0.4) is 0 Å². The summed E-state index contributed by atoms with van der Waals surface area (Å²) >= 11 is 0. The number of hydrogen-bond donors (Lipinski definition) is 0. The molecular formula is C22H27NO7S. The number of fused-ring (bicyclic) bond motifs is 1. The Morgan fingerprint density at radius 3 is 2.52 bits per heavy atom. The Kier molecular flexibility index (Phi) is 6.94. The van der Waals surface area contributed by atoms with E-state index in [0.29, 0.717) is 29.4 Å². The number of amides is 1. The molecule has 2 aromatic rings. The number of rotatable bonds is 9. The molecule has 168 valence electrons. The molecule has 0 N–H and O–H groups in total. The van der Waals surface area contributed by atoms with Crippen LogP contribution in [0.15, 0.2) is 36.4 Å². The van der Waals surface area contributed by atoms with Gasteiger partial charge in [-0.2, -0.15) is 8.42 Å². The molecule has 0 fully saturated rings. The van der Waals surface area contributed by atoms with Crippen LogP contribution in [0.5, 0.6) is 23.0 Å². The Balaban J connectivity index is 1.87. The lowest BCUT2D eigenvalue weighted by molar-refractivity contribution is 0.0722. The maximum Gasteiger partial charge on any atom is 0.309 e. The van der Waals surface area contributed by atoms with Crippen molar-refractivity contribution in [2.45, 2.75) is 27.3 Å². The molecule has 9 heteroatoms. The lowest BCUT2D eigenvalue weighted by atomic mass is 10.1. The van der Waals surface area contributed by atoms with E-state index < -0.39 is 10.1 Å². The molecule has 0 spiro atoms. The third-order valence-electron chi connectivity index (χ3n) is 4.66. The van der Waals surface area contributed by atoms with Crippen molar-refractivity contribution < 1.29 is 31.6 Å². The first-order valence-electron chi connectivity index (χ1n) is 10.0. The summed E-state index contributed by atoms with van der Waals surface area (Å²) in [5, 5.41) is 0.